The van der Waals surface area contributed by atoms with E-state index >= 15 is 0 Å². The molecule has 2 rings (SSSR count). The van der Waals surface area contributed by atoms with Crippen molar-refractivity contribution >= 4 is 5.91 Å². The van der Waals surface area contributed by atoms with Crippen molar-refractivity contribution in [2.45, 2.75) is 32.7 Å². The Balaban J connectivity index is 2.09. The van der Waals surface area contributed by atoms with Crippen LogP contribution in [0.25, 0.3) is 0 Å². The van der Waals surface area contributed by atoms with Crippen LogP contribution in [0.5, 0.6) is 0 Å². The van der Waals surface area contributed by atoms with E-state index in [1.54, 1.807) is 12.1 Å². The predicted octanol–water partition coefficient (Wildman–Crippen LogP) is 2.04. The van der Waals surface area contributed by atoms with Crippen LogP contribution >= 0.6 is 0 Å². The molecule has 0 atom stereocenters. The second-order valence-corrected chi connectivity index (χ2v) is 5.52. The highest BCUT2D eigenvalue weighted by Gasteiger charge is 2.50. The zero-order valence-electron chi connectivity index (χ0n) is 11.9. The average molecular weight is 271 g/mol. The largest absolute Gasteiger partial charge is 0.338 e. The molecule has 1 aromatic carbocycles. The van der Waals surface area contributed by atoms with Crippen LogP contribution in [-0.2, 0) is 11.3 Å². The summed E-state index contributed by atoms with van der Waals surface area (Å²) < 4.78 is 0. The molecule has 0 radical (unpaired) electrons. The first kappa shape index (κ1) is 14.5. The van der Waals surface area contributed by atoms with E-state index in [1.807, 2.05) is 17.0 Å². The Labute approximate surface area is 120 Å². The maximum atomic E-state index is 12.6. The molecule has 1 saturated carbocycles. The van der Waals surface area contributed by atoms with Gasteiger partial charge in [0.05, 0.1) is 17.0 Å². The molecule has 1 amide bonds. The molecular formula is C16H21N3O. The third kappa shape index (κ3) is 3.00. The molecule has 0 saturated heterocycles. The highest BCUT2D eigenvalue weighted by Crippen LogP contribution is 2.46. The van der Waals surface area contributed by atoms with Crippen molar-refractivity contribution in [2.75, 3.05) is 13.1 Å². The van der Waals surface area contributed by atoms with Gasteiger partial charge in [0.25, 0.3) is 0 Å². The molecule has 0 heterocycles. The second-order valence-electron chi connectivity index (χ2n) is 5.52. The van der Waals surface area contributed by atoms with E-state index < -0.39 is 0 Å². The number of carbonyl (C=O) groups excluding carboxylic acids is 1. The van der Waals surface area contributed by atoms with E-state index in [2.05, 4.69) is 13.0 Å². The fourth-order valence-corrected chi connectivity index (χ4v) is 2.42. The topological polar surface area (TPSA) is 70.1 Å². The third-order valence-electron chi connectivity index (χ3n) is 3.94. The SMILES string of the molecule is CCCN(Cc1ccc(C#N)cc1)C(=O)C1(CN)CC1. The quantitative estimate of drug-likeness (QED) is 0.860. The smallest absolute Gasteiger partial charge is 0.230 e. The number of nitrogens with zero attached hydrogens (tertiary/aromatic N) is 2. The summed E-state index contributed by atoms with van der Waals surface area (Å²) in [4.78, 5) is 14.5. The zero-order valence-corrected chi connectivity index (χ0v) is 11.9. The molecule has 0 bridgehead atoms. The van der Waals surface area contributed by atoms with Gasteiger partial charge >= 0.3 is 0 Å². The van der Waals surface area contributed by atoms with Crippen molar-refractivity contribution in [1.29, 1.82) is 5.26 Å². The maximum Gasteiger partial charge on any atom is 0.230 e. The molecular weight excluding hydrogens is 250 g/mol. The van der Waals surface area contributed by atoms with E-state index in [-0.39, 0.29) is 11.3 Å². The van der Waals surface area contributed by atoms with Gasteiger partial charge in [-0.2, -0.15) is 5.26 Å². The van der Waals surface area contributed by atoms with Gasteiger partial charge in [0.15, 0.2) is 0 Å². The van der Waals surface area contributed by atoms with Crippen LogP contribution in [0, 0.1) is 16.7 Å². The highest BCUT2D eigenvalue weighted by atomic mass is 16.2. The van der Waals surface area contributed by atoms with Gasteiger partial charge in [-0.1, -0.05) is 19.1 Å². The number of nitrogens with two attached hydrogens (primary N) is 1. The summed E-state index contributed by atoms with van der Waals surface area (Å²) in [6.45, 7) is 3.86. The molecule has 2 N–H and O–H groups in total. The van der Waals surface area contributed by atoms with E-state index in [0.29, 0.717) is 18.7 Å². The Bertz CT molecular complexity index is 512. The molecule has 4 heteroatoms. The van der Waals surface area contributed by atoms with Crippen molar-refractivity contribution in [1.82, 2.24) is 4.90 Å². The number of hydrogen-bond acceptors (Lipinski definition) is 3. The lowest BCUT2D eigenvalue weighted by Crippen LogP contribution is -2.40. The van der Waals surface area contributed by atoms with Crippen LogP contribution < -0.4 is 5.73 Å². The first-order valence-corrected chi connectivity index (χ1v) is 7.13. The Morgan fingerprint density at radius 2 is 2.05 bits per heavy atom. The minimum absolute atomic E-state index is 0.186. The number of rotatable bonds is 6. The predicted molar refractivity (Wildman–Crippen MR) is 77.6 cm³/mol. The fraction of sp³-hybridized carbons (Fsp3) is 0.500. The molecule has 0 unspecified atom stereocenters. The van der Waals surface area contributed by atoms with Crippen molar-refractivity contribution in [3.8, 4) is 6.07 Å². The van der Waals surface area contributed by atoms with E-state index in [1.165, 1.54) is 0 Å². The molecule has 1 aliphatic rings. The minimum atomic E-state index is -0.290. The molecule has 1 fully saturated rings. The molecule has 0 aliphatic heterocycles. The third-order valence-corrected chi connectivity index (χ3v) is 3.94. The van der Waals surface area contributed by atoms with Crippen LogP contribution in [0.1, 0.15) is 37.3 Å². The van der Waals surface area contributed by atoms with Crippen LogP contribution in [0.3, 0.4) is 0 Å². The number of hydrogen-bond donors (Lipinski definition) is 1. The summed E-state index contributed by atoms with van der Waals surface area (Å²) in [5, 5.41) is 8.80. The van der Waals surface area contributed by atoms with Gasteiger partial charge in [-0.3, -0.25) is 4.79 Å². The molecule has 0 spiro atoms. The summed E-state index contributed by atoms with van der Waals surface area (Å²) in [5.74, 6) is 0.186. The van der Waals surface area contributed by atoms with Crippen LogP contribution in [0.2, 0.25) is 0 Å². The average Bonchev–Trinajstić information content (AvgIpc) is 3.28. The molecule has 1 aliphatic carbocycles. The van der Waals surface area contributed by atoms with Gasteiger partial charge in [0, 0.05) is 19.6 Å². The van der Waals surface area contributed by atoms with Crippen molar-refractivity contribution < 1.29 is 4.79 Å². The summed E-state index contributed by atoms with van der Waals surface area (Å²) in [5.41, 5.74) is 7.16. The maximum absolute atomic E-state index is 12.6. The number of amides is 1. The van der Waals surface area contributed by atoms with Gasteiger partial charge in [0.1, 0.15) is 0 Å². The standard InChI is InChI=1S/C16H21N3O/c1-2-9-19(15(20)16(12-18)7-8-16)11-14-5-3-13(10-17)4-6-14/h3-6H,2,7-9,11-12,18H2,1H3. The normalized spacial score (nSPS) is 15.4. The lowest BCUT2D eigenvalue weighted by atomic mass is 10.0. The fourth-order valence-electron chi connectivity index (χ4n) is 2.42. The van der Waals surface area contributed by atoms with Gasteiger partial charge in [-0.15, -0.1) is 0 Å². The highest BCUT2D eigenvalue weighted by molar-refractivity contribution is 5.85. The van der Waals surface area contributed by atoms with Gasteiger partial charge in [-0.25, -0.2) is 0 Å². The van der Waals surface area contributed by atoms with Crippen LogP contribution in [0.4, 0.5) is 0 Å². The molecule has 1 aromatic rings. The summed E-state index contributed by atoms with van der Waals surface area (Å²) in [6, 6.07) is 9.51. The summed E-state index contributed by atoms with van der Waals surface area (Å²) >= 11 is 0. The number of benzene rings is 1. The summed E-state index contributed by atoms with van der Waals surface area (Å²) in [7, 11) is 0. The Morgan fingerprint density at radius 1 is 1.40 bits per heavy atom. The Morgan fingerprint density at radius 3 is 2.50 bits per heavy atom. The van der Waals surface area contributed by atoms with Gasteiger partial charge < -0.3 is 10.6 Å². The molecule has 0 aromatic heterocycles. The molecule has 4 nitrogen and oxygen atoms in total. The summed E-state index contributed by atoms with van der Waals surface area (Å²) in [6.07, 6.45) is 2.76. The van der Waals surface area contributed by atoms with Crippen molar-refractivity contribution in [3.63, 3.8) is 0 Å². The first-order chi connectivity index (χ1) is 9.65. The lowest BCUT2D eigenvalue weighted by Gasteiger charge is -2.26. The van der Waals surface area contributed by atoms with Crippen LogP contribution in [0.15, 0.2) is 24.3 Å². The number of carbonyl (C=O) groups is 1. The first-order valence-electron chi connectivity index (χ1n) is 7.13. The number of nitriles is 1. The van der Waals surface area contributed by atoms with Gasteiger partial charge in [-0.05, 0) is 37.0 Å². The van der Waals surface area contributed by atoms with E-state index in [9.17, 15) is 4.79 Å². The lowest BCUT2D eigenvalue weighted by molar-refractivity contribution is -0.137. The molecule has 106 valence electrons. The second kappa shape index (κ2) is 6.06. The monoisotopic (exact) mass is 271 g/mol. The van der Waals surface area contributed by atoms with Crippen LogP contribution in [-0.4, -0.2) is 23.9 Å². The minimum Gasteiger partial charge on any atom is -0.338 e. The van der Waals surface area contributed by atoms with Crippen molar-refractivity contribution in [3.05, 3.63) is 35.4 Å². The molecule has 20 heavy (non-hydrogen) atoms. The Kier molecular flexibility index (Phi) is 4.41. The zero-order chi connectivity index (χ0) is 14.6. The Hall–Kier alpha value is -1.86. The van der Waals surface area contributed by atoms with Gasteiger partial charge in [0.2, 0.25) is 5.91 Å². The van der Waals surface area contributed by atoms with Crippen molar-refractivity contribution in [2.24, 2.45) is 11.1 Å². The van der Waals surface area contributed by atoms with E-state index in [4.69, 9.17) is 11.0 Å². The van der Waals surface area contributed by atoms with E-state index in [0.717, 1.165) is 31.4 Å².